The van der Waals surface area contributed by atoms with Crippen LogP contribution in [0.1, 0.15) is 77.2 Å². The van der Waals surface area contributed by atoms with Crippen LogP contribution < -0.4 is 0 Å². The Labute approximate surface area is 202 Å². The molecule has 0 radical (unpaired) electrons. The van der Waals surface area contributed by atoms with Gasteiger partial charge in [0.25, 0.3) is 0 Å². The molecular weight excluding hydrogens is 422 g/mol. The zero-order valence-electron chi connectivity index (χ0n) is 20.5. The molecule has 8 atom stereocenters. The Hall–Kier alpha value is -2.19. The molecule has 0 spiro atoms. The van der Waals surface area contributed by atoms with Crippen LogP contribution in [-0.2, 0) is 11.3 Å². The first-order valence-corrected chi connectivity index (χ1v) is 13.4. The molecule has 4 fully saturated rings. The number of Topliss-reactive ketones (excluding diaryl/α,β-unsaturated/α-hetero) is 1. The summed E-state index contributed by atoms with van der Waals surface area (Å²) in [5, 5.41) is 25.3. The molecule has 0 saturated heterocycles. The molecular formula is C29H37N3O2. The van der Waals surface area contributed by atoms with Gasteiger partial charge in [0.1, 0.15) is 0 Å². The van der Waals surface area contributed by atoms with E-state index in [1.165, 1.54) is 38.5 Å². The smallest absolute Gasteiger partial charge is 0.157 e. The van der Waals surface area contributed by atoms with Gasteiger partial charge in [-0.3, -0.25) is 9.48 Å². The molecule has 4 aliphatic carbocycles. The van der Waals surface area contributed by atoms with Crippen molar-refractivity contribution in [3.63, 3.8) is 0 Å². The standard InChI is InChI=1S/C29H37N3O2/c1-28(34)11-9-21-19(14-28)4-5-23-22(21)10-12-29(2)24(23)6-7-25(29)27(33)17-32-16-20-13-18(15-30)3-8-26(20)31-32/h3,8,13,16,19,21-25,34H,4-7,9-12,14,17H2,1-2H3/t19-,21+,22-,23-,24+,25-,28-,29+/m1/s1. The molecule has 180 valence electrons. The Bertz CT molecular complexity index is 1160. The van der Waals surface area contributed by atoms with E-state index in [2.05, 4.69) is 18.1 Å². The van der Waals surface area contributed by atoms with Crippen LogP contribution in [0, 0.1) is 52.3 Å². The first-order valence-electron chi connectivity index (χ1n) is 13.4. The van der Waals surface area contributed by atoms with Crippen molar-refractivity contribution in [2.45, 2.75) is 83.8 Å². The van der Waals surface area contributed by atoms with Crippen molar-refractivity contribution in [2.75, 3.05) is 0 Å². The number of carbonyl (C=O) groups is 1. The summed E-state index contributed by atoms with van der Waals surface area (Å²) in [6.45, 7) is 4.78. The summed E-state index contributed by atoms with van der Waals surface area (Å²) in [6.07, 6.45) is 12.2. The molecule has 0 unspecified atom stereocenters. The predicted octanol–water partition coefficient (Wildman–Crippen LogP) is 5.50. The molecule has 6 rings (SSSR count). The largest absolute Gasteiger partial charge is 0.390 e. The Morgan fingerprint density at radius 3 is 2.76 bits per heavy atom. The molecule has 1 aromatic carbocycles. The van der Waals surface area contributed by atoms with Gasteiger partial charge in [0.2, 0.25) is 0 Å². The molecule has 1 aromatic heterocycles. The lowest BCUT2D eigenvalue weighted by molar-refractivity contribution is -0.133. The minimum atomic E-state index is -0.463. The molecule has 1 heterocycles. The third kappa shape index (κ3) is 3.52. The fourth-order valence-corrected chi connectivity index (χ4v) is 9.11. The van der Waals surface area contributed by atoms with Crippen LogP contribution in [0.5, 0.6) is 0 Å². The highest BCUT2D eigenvalue weighted by Gasteiger charge is 2.58. The van der Waals surface area contributed by atoms with Crippen molar-refractivity contribution >= 4 is 16.7 Å². The summed E-state index contributed by atoms with van der Waals surface area (Å²) < 4.78 is 1.79. The van der Waals surface area contributed by atoms with E-state index in [0.29, 0.717) is 29.7 Å². The minimum Gasteiger partial charge on any atom is -0.390 e. The zero-order chi connectivity index (χ0) is 23.7. The molecule has 4 saturated carbocycles. The van der Waals surface area contributed by atoms with Crippen LogP contribution >= 0.6 is 0 Å². The summed E-state index contributed by atoms with van der Waals surface area (Å²) >= 11 is 0. The summed E-state index contributed by atoms with van der Waals surface area (Å²) in [6, 6.07) is 7.67. The maximum Gasteiger partial charge on any atom is 0.157 e. The van der Waals surface area contributed by atoms with Gasteiger partial charge >= 0.3 is 0 Å². The van der Waals surface area contributed by atoms with Crippen LogP contribution in [0.15, 0.2) is 24.4 Å². The summed E-state index contributed by atoms with van der Waals surface area (Å²) in [7, 11) is 0. The van der Waals surface area contributed by atoms with Crippen LogP contribution in [0.2, 0.25) is 0 Å². The highest BCUT2D eigenvalue weighted by molar-refractivity contribution is 5.84. The summed E-state index contributed by atoms with van der Waals surface area (Å²) in [5.74, 6) is 4.17. The second-order valence-electron chi connectivity index (χ2n) is 12.5. The van der Waals surface area contributed by atoms with Crippen molar-refractivity contribution in [1.82, 2.24) is 9.78 Å². The third-order valence-corrected chi connectivity index (χ3v) is 10.6. The van der Waals surface area contributed by atoms with Crippen molar-refractivity contribution in [3.05, 3.63) is 30.0 Å². The van der Waals surface area contributed by atoms with E-state index in [9.17, 15) is 9.90 Å². The monoisotopic (exact) mass is 459 g/mol. The molecule has 5 nitrogen and oxygen atoms in total. The average Bonchev–Trinajstić information content (AvgIpc) is 3.37. The molecule has 0 amide bonds. The molecule has 1 N–H and O–H groups in total. The molecule has 5 heteroatoms. The molecule has 34 heavy (non-hydrogen) atoms. The number of aliphatic hydroxyl groups is 1. The van der Waals surface area contributed by atoms with Crippen LogP contribution in [0.25, 0.3) is 10.9 Å². The van der Waals surface area contributed by atoms with E-state index >= 15 is 0 Å². The summed E-state index contributed by atoms with van der Waals surface area (Å²) in [5.41, 5.74) is 1.12. The van der Waals surface area contributed by atoms with Crippen molar-refractivity contribution in [2.24, 2.45) is 40.9 Å². The maximum absolute atomic E-state index is 13.6. The normalized spacial score (nSPS) is 41.4. The third-order valence-electron chi connectivity index (χ3n) is 10.6. The molecule has 0 aliphatic heterocycles. The van der Waals surface area contributed by atoms with E-state index in [0.717, 1.165) is 47.9 Å². The Balaban J connectivity index is 1.18. The Morgan fingerprint density at radius 2 is 1.94 bits per heavy atom. The lowest BCUT2D eigenvalue weighted by atomic mass is 9.49. The van der Waals surface area contributed by atoms with Crippen molar-refractivity contribution in [3.8, 4) is 6.07 Å². The van der Waals surface area contributed by atoms with Gasteiger partial charge in [-0.25, -0.2) is 0 Å². The van der Waals surface area contributed by atoms with Gasteiger partial charge in [-0.1, -0.05) is 6.92 Å². The maximum atomic E-state index is 13.6. The number of ketones is 1. The predicted molar refractivity (Wildman–Crippen MR) is 131 cm³/mol. The van der Waals surface area contributed by atoms with E-state index in [4.69, 9.17) is 5.26 Å². The first-order chi connectivity index (χ1) is 16.3. The van der Waals surface area contributed by atoms with Crippen LogP contribution in [0.3, 0.4) is 0 Å². The topological polar surface area (TPSA) is 78.9 Å². The van der Waals surface area contributed by atoms with Gasteiger partial charge in [-0.05, 0) is 118 Å². The fourth-order valence-electron chi connectivity index (χ4n) is 9.11. The lowest BCUT2D eigenvalue weighted by Gasteiger charge is -2.56. The van der Waals surface area contributed by atoms with Crippen LogP contribution in [-0.4, -0.2) is 26.3 Å². The van der Waals surface area contributed by atoms with Gasteiger partial charge in [0, 0.05) is 17.5 Å². The summed E-state index contributed by atoms with van der Waals surface area (Å²) in [4.78, 5) is 13.6. The number of nitrogens with zero attached hydrogens (tertiary/aromatic N) is 3. The van der Waals surface area contributed by atoms with E-state index in [1.54, 1.807) is 10.7 Å². The highest BCUT2D eigenvalue weighted by Crippen LogP contribution is 2.64. The van der Waals surface area contributed by atoms with E-state index < -0.39 is 5.60 Å². The average molecular weight is 460 g/mol. The Morgan fingerprint density at radius 1 is 1.12 bits per heavy atom. The van der Waals surface area contributed by atoms with Gasteiger partial charge in [-0.2, -0.15) is 10.4 Å². The number of hydrogen-bond donors (Lipinski definition) is 1. The molecule has 2 aromatic rings. The second kappa shape index (κ2) is 7.92. The number of benzene rings is 1. The number of hydrogen-bond acceptors (Lipinski definition) is 4. The minimum absolute atomic E-state index is 0.117. The number of rotatable bonds is 3. The number of aromatic nitrogens is 2. The molecule has 4 aliphatic rings. The fraction of sp³-hybridized carbons (Fsp3) is 0.690. The lowest BCUT2D eigenvalue weighted by Crippen LogP contribution is -2.51. The van der Waals surface area contributed by atoms with E-state index in [-0.39, 0.29) is 11.3 Å². The van der Waals surface area contributed by atoms with Crippen LogP contribution in [0.4, 0.5) is 0 Å². The number of fused-ring (bicyclic) bond motifs is 6. The quantitative estimate of drug-likeness (QED) is 0.658. The van der Waals surface area contributed by atoms with Gasteiger partial charge < -0.3 is 5.11 Å². The highest BCUT2D eigenvalue weighted by atomic mass is 16.3. The number of carbonyl (C=O) groups excluding carboxylic acids is 1. The zero-order valence-corrected chi connectivity index (χ0v) is 20.5. The van der Waals surface area contributed by atoms with Crippen molar-refractivity contribution in [1.29, 1.82) is 5.26 Å². The Kier molecular flexibility index (Phi) is 5.19. The number of nitriles is 1. The first kappa shape index (κ1) is 22.3. The SMILES string of the molecule is C[C@@]1(O)CC[C@H]2[C@H](CC[C@@H]3[C@@H]2CC[C@]2(C)[C@@H](C(=O)Cn4cc5cc(C#N)ccc5n4)CC[C@@H]32)C1. The second-order valence-corrected chi connectivity index (χ2v) is 12.5. The molecule has 0 bridgehead atoms. The van der Waals surface area contributed by atoms with Gasteiger partial charge in [-0.15, -0.1) is 0 Å². The van der Waals surface area contributed by atoms with Gasteiger partial charge in [0.15, 0.2) is 5.78 Å². The van der Waals surface area contributed by atoms with Gasteiger partial charge in [0.05, 0.1) is 29.3 Å². The van der Waals surface area contributed by atoms with E-state index in [1.807, 2.05) is 25.3 Å². The van der Waals surface area contributed by atoms with Crippen molar-refractivity contribution < 1.29 is 9.90 Å².